The highest BCUT2D eigenvalue weighted by Gasteiger charge is 2.25. The number of nitrogens with zero attached hydrogens (tertiary/aromatic N) is 1. The highest BCUT2D eigenvalue weighted by molar-refractivity contribution is 7.89. The van der Waals surface area contributed by atoms with Gasteiger partial charge in [0.2, 0.25) is 10.0 Å². The van der Waals surface area contributed by atoms with E-state index < -0.39 is 33.6 Å². The third-order valence-corrected chi connectivity index (χ3v) is 3.62. The monoisotopic (exact) mass is 290 g/mol. The number of non-ortho nitro benzene ring substituents is 1. The summed E-state index contributed by atoms with van der Waals surface area (Å²) in [6.45, 7) is -0.915. The summed E-state index contributed by atoms with van der Waals surface area (Å²) in [5, 5.41) is 27.8. The molecule has 0 saturated carbocycles. The van der Waals surface area contributed by atoms with E-state index in [1.54, 1.807) is 4.72 Å². The van der Waals surface area contributed by atoms with Crippen LogP contribution < -0.4 is 4.72 Å². The van der Waals surface area contributed by atoms with Crippen molar-refractivity contribution >= 4 is 21.7 Å². The van der Waals surface area contributed by atoms with Gasteiger partial charge in [0.15, 0.2) is 0 Å². The molecule has 1 aromatic carbocycles. The van der Waals surface area contributed by atoms with E-state index in [1.165, 1.54) is 0 Å². The number of aliphatic hydroxyl groups is 1. The van der Waals surface area contributed by atoms with E-state index in [0.29, 0.717) is 0 Å². The molecule has 1 rings (SSSR count). The fraction of sp³-hybridized carbons (Fsp3) is 0.222. The number of rotatable bonds is 6. The van der Waals surface area contributed by atoms with Gasteiger partial charge in [-0.1, -0.05) is 0 Å². The molecule has 1 aromatic rings. The van der Waals surface area contributed by atoms with Gasteiger partial charge in [-0.15, -0.1) is 0 Å². The van der Waals surface area contributed by atoms with Gasteiger partial charge in [0.05, 0.1) is 16.4 Å². The number of carboxylic acid groups (broad SMARTS) is 1. The topological polar surface area (TPSA) is 147 Å². The van der Waals surface area contributed by atoms with Gasteiger partial charge >= 0.3 is 5.97 Å². The van der Waals surface area contributed by atoms with Crippen molar-refractivity contribution in [3.05, 3.63) is 34.4 Å². The van der Waals surface area contributed by atoms with Crippen LogP contribution in [0.25, 0.3) is 0 Å². The number of hydrogen-bond donors (Lipinski definition) is 3. The number of carboxylic acids is 1. The van der Waals surface area contributed by atoms with Crippen LogP contribution in [-0.2, 0) is 14.8 Å². The molecule has 19 heavy (non-hydrogen) atoms. The molecule has 0 radical (unpaired) electrons. The van der Waals surface area contributed by atoms with Crippen LogP contribution in [0.15, 0.2) is 29.2 Å². The van der Waals surface area contributed by atoms with Gasteiger partial charge in [-0.2, -0.15) is 4.72 Å². The Kier molecular flexibility index (Phi) is 4.53. The van der Waals surface area contributed by atoms with Crippen LogP contribution >= 0.6 is 0 Å². The highest BCUT2D eigenvalue weighted by atomic mass is 32.2. The summed E-state index contributed by atoms with van der Waals surface area (Å²) in [5.41, 5.74) is -0.295. The molecule has 3 N–H and O–H groups in total. The van der Waals surface area contributed by atoms with Crippen LogP contribution in [0.2, 0.25) is 0 Å². The Labute approximate surface area is 107 Å². The second-order valence-electron chi connectivity index (χ2n) is 3.45. The van der Waals surface area contributed by atoms with Crippen LogP contribution in [-0.4, -0.2) is 42.2 Å². The van der Waals surface area contributed by atoms with Crippen LogP contribution in [0.4, 0.5) is 5.69 Å². The summed E-state index contributed by atoms with van der Waals surface area (Å²) in [5.74, 6) is -1.53. The molecule has 0 aliphatic rings. The molecule has 0 aliphatic carbocycles. The van der Waals surface area contributed by atoms with Gasteiger partial charge in [-0.25, -0.2) is 8.42 Å². The number of nitrogens with one attached hydrogen (secondary N) is 1. The van der Waals surface area contributed by atoms with Crippen molar-refractivity contribution < 1.29 is 28.3 Å². The standard InChI is InChI=1S/C9H10N2O7S/c12-5-8(9(13)14)10-19(17,18)7-3-1-6(2-4-7)11(15)16/h1-4,8,10,12H,5H2,(H,13,14). The van der Waals surface area contributed by atoms with Crippen molar-refractivity contribution in [2.45, 2.75) is 10.9 Å². The van der Waals surface area contributed by atoms with E-state index in [0.717, 1.165) is 24.3 Å². The summed E-state index contributed by atoms with van der Waals surface area (Å²) in [6.07, 6.45) is 0. The molecule has 10 heteroatoms. The normalized spacial score (nSPS) is 12.9. The fourth-order valence-corrected chi connectivity index (χ4v) is 2.35. The van der Waals surface area contributed by atoms with E-state index in [4.69, 9.17) is 10.2 Å². The maximum absolute atomic E-state index is 11.7. The minimum Gasteiger partial charge on any atom is -0.480 e. The maximum Gasteiger partial charge on any atom is 0.324 e. The predicted molar refractivity (Wildman–Crippen MR) is 61.9 cm³/mol. The van der Waals surface area contributed by atoms with E-state index in [2.05, 4.69) is 0 Å². The summed E-state index contributed by atoms with van der Waals surface area (Å²) in [7, 11) is -4.17. The van der Waals surface area contributed by atoms with Gasteiger partial charge < -0.3 is 10.2 Å². The SMILES string of the molecule is O=C(O)C(CO)NS(=O)(=O)c1ccc([N+](=O)[O-])cc1. The first-order valence-corrected chi connectivity index (χ1v) is 6.36. The molecule has 0 aromatic heterocycles. The van der Waals surface area contributed by atoms with Crippen LogP contribution in [0, 0.1) is 10.1 Å². The smallest absolute Gasteiger partial charge is 0.324 e. The lowest BCUT2D eigenvalue weighted by Crippen LogP contribution is -2.43. The first-order valence-electron chi connectivity index (χ1n) is 4.88. The van der Waals surface area contributed by atoms with E-state index >= 15 is 0 Å². The molecule has 0 aliphatic heterocycles. The lowest BCUT2D eigenvalue weighted by Gasteiger charge is -2.11. The Balaban J connectivity index is 3.00. The maximum atomic E-state index is 11.7. The molecule has 0 bridgehead atoms. The molecule has 1 unspecified atom stereocenters. The molecule has 0 fully saturated rings. The minimum absolute atomic E-state index is 0.295. The van der Waals surface area contributed by atoms with Crippen molar-refractivity contribution in [1.29, 1.82) is 0 Å². The lowest BCUT2D eigenvalue weighted by molar-refractivity contribution is -0.384. The highest BCUT2D eigenvalue weighted by Crippen LogP contribution is 2.15. The predicted octanol–water partition coefficient (Wildman–Crippen LogP) is -0.681. The molecule has 0 spiro atoms. The molecule has 9 nitrogen and oxygen atoms in total. The minimum atomic E-state index is -4.17. The number of hydrogen-bond acceptors (Lipinski definition) is 6. The summed E-state index contributed by atoms with van der Waals surface area (Å²) in [6, 6.07) is 2.21. The molecule has 0 heterocycles. The van der Waals surface area contributed by atoms with Crippen LogP contribution in [0.5, 0.6) is 0 Å². The first kappa shape index (κ1) is 15.0. The first-order chi connectivity index (χ1) is 8.77. The van der Waals surface area contributed by atoms with E-state index in [9.17, 15) is 23.3 Å². The van der Waals surface area contributed by atoms with Crippen molar-refractivity contribution in [3.63, 3.8) is 0 Å². The van der Waals surface area contributed by atoms with E-state index in [1.807, 2.05) is 0 Å². The summed E-state index contributed by atoms with van der Waals surface area (Å²) < 4.78 is 25.2. The number of nitro groups is 1. The zero-order valence-corrected chi connectivity index (χ0v) is 10.2. The quantitative estimate of drug-likeness (QED) is 0.464. The van der Waals surface area contributed by atoms with Crippen molar-refractivity contribution in [3.8, 4) is 0 Å². The molecule has 104 valence electrons. The fourth-order valence-electron chi connectivity index (χ4n) is 1.17. The zero-order chi connectivity index (χ0) is 14.6. The van der Waals surface area contributed by atoms with Gasteiger partial charge in [0.1, 0.15) is 6.04 Å². The Morgan fingerprint density at radius 3 is 2.26 bits per heavy atom. The Bertz CT molecular complexity index is 581. The summed E-state index contributed by atoms with van der Waals surface area (Å²) >= 11 is 0. The Morgan fingerprint density at radius 1 is 1.37 bits per heavy atom. The zero-order valence-electron chi connectivity index (χ0n) is 9.38. The molecule has 1 atom stereocenters. The molecular formula is C9H10N2O7S. The Morgan fingerprint density at radius 2 is 1.89 bits per heavy atom. The average Bonchev–Trinajstić information content (AvgIpc) is 2.35. The Hall–Kier alpha value is -2.04. The number of aliphatic hydroxyl groups excluding tert-OH is 1. The van der Waals surface area contributed by atoms with E-state index in [-0.39, 0.29) is 10.6 Å². The van der Waals surface area contributed by atoms with Gasteiger partial charge in [-0.3, -0.25) is 14.9 Å². The van der Waals surface area contributed by atoms with Crippen LogP contribution in [0.1, 0.15) is 0 Å². The number of aliphatic carboxylic acids is 1. The second kappa shape index (κ2) is 5.73. The van der Waals surface area contributed by atoms with Crippen molar-refractivity contribution in [2.24, 2.45) is 0 Å². The van der Waals surface area contributed by atoms with Gasteiger partial charge in [0.25, 0.3) is 5.69 Å². The van der Waals surface area contributed by atoms with Crippen LogP contribution in [0.3, 0.4) is 0 Å². The number of carbonyl (C=O) groups is 1. The van der Waals surface area contributed by atoms with Crippen molar-refractivity contribution in [1.82, 2.24) is 4.72 Å². The summed E-state index contributed by atoms with van der Waals surface area (Å²) in [4.78, 5) is 20.0. The number of nitro benzene ring substituents is 1. The van der Waals surface area contributed by atoms with Crippen molar-refractivity contribution in [2.75, 3.05) is 6.61 Å². The third kappa shape index (κ3) is 3.71. The number of sulfonamides is 1. The molecule has 0 amide bonds. The second-order valence-corrected chi connectivity index (χ2v) is 5.16. The molecule has 0 saturated heterocycles. The third-order valence-electron chi connectivity index (χ3n) is 2.14. The largest absolute Gasteiger partial charge is 0.480 e. The van der Waals surface area contributed by atoms with Gasteiger partial charge in [-0.05, 0) is 12.1 Å². The number of benzene rings is 1. The van der Waals surface area contributed by atoms with Gasteiger partial charge in [0, 0.05) is 12.1 Å². The lowest BCUT2D eigenvalue weighted by atomic mass is 10.3. The molecular weight excluding hydrogens is 280 g/mol. The average molecular weight is 290 g/mol.